The third kappa shape index (κ3) is 3.75. The molecule has 0 aliphatic rings. The van der Waals surface area contributed by atoms with E-state index < -0.39 is 12.8 Å². The molecule has 0 aliphatic carbocycles. The van der Waals surface area contributed by atoms with E-state index in [-0.39, 0.29) is 16.5 Å². The summed E-state index contributed by atoms with van der Waals surface area (Å²) in [5, 5.41) is 2.70. The Bertz CT molecular complexity index is 367. The highest BCUT2D eigenvalue weighted by molar-refractivity contribution is 6.30. The third-order valence-electron chi connectivity index (χ3n) is 1.41. The standard InChI is InChI=1S/C8H5ClF3NO2/c9-5-1-2-7(6(3-5)13-14)15-4-8(10,11)12/h1-3H,4H2. The van der Waals surface area contributed by atoms with Gasteiger partial charge in [-0.1, -0.05) is 11.6 Å². The SMILES string of the molecule is O=Nc1cc(Cl)ccc1OCC(F)(F)F. The minimum Gasteiger partial charge on any atom is -0.482 e. The van der Waals surface area contributed by atoms with Crippen molar-refractivity contribution in [3.8, 4) is 5.75 Å². The van der Waals surface area contributed by atoms with Gasteiger partial charge in [-0.25, -0.2) is 0 Å². The van der Waals surface area contributed by atoms with E-state index >= 15 is 0 Å². The molecule has 0 unspecified atom stereocenters. The molecule has 0 aliphatic heterocycles. The lowest BCUT2D eigenvalue weighted by Crippen LogP contribution is -2.19. The van der Waals surface area contributed by atoms with Crippen molar-refractivity contribution in [2.24, 2.45) is 5.18 Å². The largest absolute Gasteiger partial charge is 0.482 e. The van der Waals surface area contributed by atoms with Crippen LogP contribution in [0.5, 0.6) is 5.75 Å². The molecule has 1 aromatic rings. The fourth-order valence-electron chi connectivity index (χ4n) is 0.844. The van der Waals surface area contributed by atoms with Crippen molar-refractivity contribution < 1.29 is 17.9 Å². The van der Waals surface area contributed by atoms with Crippen molar-refractivity contribution in [3.05, 3.63) is 28.1 Å². The first-order valence-electron chi connectivity index (χ1n) is 3.75. The van der Waals surface area contributed by atoms with Gasteiger partial charge in [0.05, 0.1) is 0 Å². The lowest BCUT2D eigenvalue weighted by atomic mass is 10.3. The van der Waals surface area contributed by atoms with Crippen molar-refractivity contribution in [1.29, 1.82) is 0 Å². The highest BCUT2D eigenvalue weighted by Crippen LogP contribution is 2.31. The lowest BCUT2D eigenvalue weighted by molar-refractivity contribution is -0.153. The van der Waals surface area contributed by atoms with Gasteiger partial charge in [0, 0.05) is 5.02 Å². The Balaban J connectivity index is 2.81. The van der Waals surface area contributed by atoms with Crippen molar-refractivity contribution in [3.63, 3.8) is 0 Å². The van der Waals surface area contributed by atoms with Gasteiger partial charge in [0.1, 0.15) is 5.75 Å². The summed E-state index contributed by atoms with van der Waals surface area (Å²) in [6.45, 7) is -1.48. The molecule has 0 aromatic heterocycles. The number of rotatable bonds is 3. The van der Waals surface area contributed by atoms with E-state index in [1.54, 1.807) is 0 Å². The van der Waals surface area contributed by atoms with E-state index in [2.05, 4.69) is 9.91 Å². The summed E-state index contributed by atoms with van der Waals surface area (Å²) in [5.41, 5.74) is -0.258. The van der Waals surface area contributed by atoms with E-state index in [0.29, 0.717) is 0 Å². The zero-order valence-corrected chi connectivity index (χ0v) is 7.97. The number of hydrogen-bond donors (Lipinski definition) is 0. The minimum absolute atomic E-state index is 0.198. The Kier molecular flexibility index (Phi) is 3.52. The maximum atomic E-state index is 11.8. The topological polar surface area (TPSA) is 38.7 Å². The molecule has 0 amide bonds. The summed E-state index contributed by atoms with van der Waals surface area (Å²) < 4.78 is 39.8. The molecule has 1 rings (SSSR count). The van der Waals surface area contributed by atoms with Crippen molar-refractivity contribution in [1.82, 2.24) is 0 Å². The number of benzene rings is 1. The van der Waals surface area contributed by atoms with Gasteiger partial charge in [0.2, 0.25) is 0 Å². The molecule has 3 nitrogen and oxygen atoms in total. The molecular weight excluding hydrogens is 235 g/mol. The van der Waals surface area contributed by atoms with Crippen molar-refractivity contribution in [2.45, 2.75) is 6.18 Å². The first-order chi connectivity index (χ1) is 6.92. The Morgan fingerprint density at radius 1 is 1.40 bits per heavy atom. The predicted molar refractivity (Wildman–Crippen MR) is 48.5 cm³/mol. The van der Waals surface area contributed by atoms with Crippen molar-refractivity contribution >= 4 is 17.3 Å². The summed E-state index contributed by atoms with van der Waals surface area (Å²) in [6.07, 6.45) is -4.46. The molecule has 0 bridgehead atoms. The zero-order chi connectivity index (χ0) is 11.5. The number of nitroso groups, excluding NO2 is 1. The van der Waals surface area contributed by atoms with E-state index in [4.69, 9.17) is 11.6 Å². The zero-order valence-electron chi connectivity index (χ0n) is 7.21. The van der Waals surface area contributed by atoms with Crippen LogP contribution in [0, 0.1) is 4.91 Å². The van der Waals surface area contributed by atoms with Gasteiger partial charge < -0.3 is 4.74 Å². The summed E-state index contributed by atoms with van der Waals surface area (Å²) >= 11 is 5.51. The maximum Gasteiger partial charge on any atom is 0.422 e. The second-order valence-electron chi connectivity index (χ2n) is 2.61. The second-order valence-corrected chi connectivity index (χ2v) is 3.04. The molecule has 0 saturated carbocycles. The van der Waals surface area contributed by atoms with Crippen LogP contribution in [-0.4, -0.2) is 12.8 Å². The van der Waals surface area contributed by atoms with Crippen molar-refractivity contribution in [2.75, 3.05) is 6.61 Å². The van der Waals surface area contributed by atoms with Crippen LogP contribution in [0.4, 0.5) is 18.9 Å². The van der Waals surface area contributed by atoms with Gasteiger partial charge in [-0.15, -0.1) is 4.91 Å². The number of alkyl halides is 3. The van der Waals surface area contributed by atoms with E-state index in [1.807, 2.05) is 0 Å². The van der Waals surface area contributed by atoms with Crippen LogP contribution < -0.4 is 4.74 Å². The average molecular weight is 240 g/mol. The van der Waals surface area contributed by atoms with E-state index in [1.165, 1.54) is 6.07 Å². The summed E-state index contributed by atoms with van der Waals surface area (Å²) in [6, 6.07) is 3.59. The highest BCUT2D eigenvalue weighted by Gasteiger charge is 2.28. The summed E-state index contributed by atoms with van der Waals surface area (Å²) in [5.74, 6) is -0.244. The van der Waals surface area contributed by atoms with Gasteiger partial charge >= 0.3 is 6.18 Å². The van der Waals surface area contributed by atoms with E-state index in [0.717, 1.165) is 12.1 Å². The van der Waals surface area contributed by atoms with Gasteiger partial charge in [0.25, 0.3) is 0 Å². The Hall–Kier alpha value is -1.30. The molecular formula is C8H5ClF3NO2. The molecule has 0 spiro atoms. The molecule has 82 valence electrons. The molecule has 1 aromatic carbocycles. The average Bonchev–Trinajstić information content (AvgIpc) is 2.14. The van der Waals surface area contributed by atoms with Gasteiger partial charge in [0.15, 0.2) is 12.3 Å². The first kappa shape index (κ1) is 11.8. The van der Waals surface area contributed by atoms with Gasteiger partial charge in [-0.05, 0) is 23.4 Å². The van der Waals surface area contributed by atoms with Crippen LogP contribution in [0.1, 0.15) is 0 Å². The number of ether oxygens (including phenoxy) is 1. The molecule has 0 radical (unpaired) electrons. The summed E-state index contributed by atoms with van der Waals surface area (Å²) in [7, 11) is 0. The molecule has 0 heterocycles. The first-order valence-corrected chi connectivity index (χ1v) is 4.12. The number of nitrogens with zero attached hydrogens (tertiary/aromatic N) is 1. The highest BCUT2D eigenvalue weighted by atomic mass is 35.5. The van der Waals surface area contributed by atoms with Crippen LogP contribution in [-0.2, 0) is 0 Å². The third-order valence-corrected chi connectivity index (χ3v) is 1.65. The molecule has 0 fully saturated rings. The Morgan fingerprint density at radius 2 is 2.07 bits per heavy atom. The Labute approximate surface area is 87.8 Å². The number of halogens is 4. The molecule has 7 heteroatoms. The fraction of sp³-hybridized carbons (Fsp3) is 0.250. The smallest absolute Gasteiger partial charge is 0.422 e. The predicted octanol–water partition coefficient (Wildman–Crippen LogP) is 3.68. The molecule has 15 heavy (non-hydrogen) atoms. The van der Waals surface area contributed by atoms with E-state index in [9.17, 15) is 18.1 Å². The molecule has 0 atom stereocenters. The molecule has 0 saturated heterocycles. The van der Waals surface area contributed by atoms with Crippen LogP contribution in [0.2, 0.25) is 5.02 Å². The van der Waals surface area contributed by atoms with Crippen LogP contribution in [0.25, 0.3) is 0 Å². The quantitative estimate of drug-likeness (QED) is 0.755. The van der Waals surface area contributed by atoms with Crippen LogP contribution in [0.15, 0.2) is 23.4 Å². The summed E-state index contributed by atoms with van der Waals surface area (Å²) in [4.78, 5) is 10.2. The maximum absolute atomic E-state index is 11.8. The minimum atomic E-state index is -4.46. The second kappa shape index (κ2) is 4.48. The van der Waals surface area contributed by atoms with Crippen LogP contribution >= 0.6 is 11.6 Å². The Morgan fingerprint density at radius 3 is 2.60 bits per heavy atom. The number of hydrogen-bond acceptors (Lipinski definition) is 3. The van der Waals surface area contributed by atoms with Gasteiger partial charge in [-0.3, -0.25) is 0 Å². The van der Waals surface area contributed by atoms with Gasteiger partial charge in [-0.2, -0.15) is 13.2 Å². The fourth-order valence-corrected chi connectivity index (χ4v) is 1.01. The normalized spacial score (nSPS) is 11.2. The monoisotopic (exact) mass is 239 g/mol. The lowest BCUT2D eigenvalue weighted by Gasteiger charge is -2.09. The van der Waals surface area contributed by atoms with Crippen LogP contribution in [0.3, 0.4) is 0 Å². The molecule has 0 N–H and O–H groups in total.